The van der Waals surface area contributed by atoms with Crippen LogP contribution >= 0.6 is 11.6 Å². The number of H-pyrrole nitrogens is 1. The first-order valence-electron chi connectivity index (χ1n) is 16.8. The van der Waals surface area contributed by atoms with Crippen LogP contribution in [0.4, 0.5) is 14.5 Å². The molecule has 0 spiro atoms. The lowest BCUT2D eigenvalue weighted by Gasteiger charge is -2.29. The number of halogens is 3. The Morgan fingerprint density at radius 3 is 2.76 bits per heavy atom. The number of rotatable bonds is 10. The lowest BCUT2D eigenvalue weighted by Crippen LogP contribution is -2.33. The molecule has 5 heterocycles. The maximum atomic E-state index is 14.9. The van der Waals surface area contributed by atoms with Gasteiger partial charge in [-0.15, -0.1) is 0 Å². The molecule has 3 aromatic heterocycles. The number of carbonyl (C=O) groups is 1. The van der Waals surface area contributed by atoms with Crippen LogP contribution in [0, 0.1) is 18.6 Å². The van der Waals surface area contributed by atoms with E-state index in [-0.39, 0.29) is 18.3 Å². The summed E-state index contributed by atoms with van der Waals surface area (Å²) in [6.07, 6.45) is 4.06. The average molecular weight is 710 g/mol. The molecule has 0 aliphatic carbocycles. The van der Waals surface area contributed by atoms with Crippen LogP contribution in [0.2, 0.25) is 5.02 Å². The molecule has 1 saturated heterocycles. The van der Waals surface area contributed by atoms with Crippen LogP contribution in [-0.4, -0.2) is 61.3 Å². The fraction of sp³-hybridized carbons (Fsp3) is 0.263. The van der Waals surface area contributed by atoms with Gasteiger partial charge in [-0.05, 0) is 67.8 Å². The first kappa shape index (κ1) is 33.0. The monoisotopic (exact) mass is 709 g/mol. The third-order valence-electron chi connectivity index (χ3n) is 9.45. The topological polar surface area (TPSA) is 110 Å². The zero-order valence-corrected chi connectivity index (χ0v) is 28.5. The summed E-state index contributed by atoms with van der Waals surface area (Å²) in [5, 5.41) is 10.8. The Hall–Kier alpha value is -5.17. The molecule has 0 unspecified atom stereocenters. The van der Waals surface area contributed by atoms with E-state index in [2.05, 4.69) is 36.0 Å². The van der Waals surface area contributed by atoms with Gasteiger partial charge in [-0.25, -0.2) is 18.7 Å². The van der Waals surface area contributed by atoms with Crippen molar-refractivity contribution >= 4 is 50.7 Å². The number of anilines is 1. The summed E-state index contributed by atoms with van der Waals surface area (Å²) in [6.45, 7) is 5.40. The molecule has 0 saturated carbocycles. The van der Waals surface area contributed by atoms with Gasteiger partial charge in [0.25, 0.3) is 5.91 Å². The molecule has 51 heavy (non-hydrogen) atoms. The van der Waals surface area contributed by atoms with Gasteiger partial charge in [-0.2, -0.15) is 5.10 Å². The second-order valence-electron chi connectivity index (χ2n) is 12.9. The lowest BCUT2D eigenvalue weighted by molar-refractivity contribution is -0.0591. The minimum Gasteiger partial charge on any atom is -0.473 e. The van der Waals surface area contributed by atoms with Gasteiger partial charge in [0.1, 0.15) is 24.1 Å². The van der Waals surface area contributed by atoms with Crippen molar-refractivity contribution in [2.24, 2.45) is 0 Å². The number of hydrogen-bond donors (Lipinski definition) is 2. The zero-order valence-electron chi connectivity index (χ0n) is 27.8. The Morgan fingerprint density at radius 1 is 1.10 bits per heavy atom. The van der Waals surface area contributed by atoms with Crippen molar-refractivity contribution in [3.05, 3.63) is 118 Å². The van der Waals surface area contributed by atoms with Crippen LogP contribution in [0.25, 0.3) is 27.5 Å². The predicted octanol–water partition coefficient (Wildman–Crippen LogP) is 7.46. The van der Waals surface area contributed by atoms with Gasteiger partial charge in [-0.1, -0.05) is 29.8 Å². The summed E-state index contributed by atoms with van der Waals surface area (Å²) in [5.41, 5.74) is 5.72. The van der Waals surface area contributed by atoms with Crippen molar-refractivity contribution in [1.29, 1.82) is 0 Å². The number of aryl methyl sites for hydroxylation is 1. The van der Waals surface area contributed by atoms with Gasteiger partial charge < -0.3 is 19.4 Å². The number of hydrogen-bond acceptors (Lipinski definition) is 7. The summed E-state index contributed by atoms with van der Waals surface area (Å²) in [5.74, 6) is -0.267. The standard InChI is InChI=1S/C38H34ClF2N7O3/c1-22-28-17-29(31(41)18-33(28)46-45-22)38(49)42-26-7-8-35-34(16-26)43-36(48(35)19-27-11-14-50-27)20-47-12-9-23(10-13-47)32-3-2-4-37(44-32)51-21-24-5-6-25(39)15-30(24)40/h2-9,15-18,27H,10-14,19-21H2,1H3,(H,42,49)(H,45,46)/t27-/m0/s1. The number of nitrogens with zero attached hydrogens (tertiary/aromatic N) is 5. The van der Waals surface area contributed by atoms with Crippen LogP contribution < -0.4 is 10.1 Å². The number of benzene rings is 3. The van der Waals surface area contributed by atoms with Crippen molar-refractivity contribution in [1.82, 2.24) is 29.6 Å². The van der Waals surface area contributed by atoms with E-state index in [1.54, 1.807) is 25.1 Å². The molecule has 0 radical (unpaired) electrons. The Balaban J connectivity index is 0.970. The quantitative estimate of drug-likeness (QED) is 0.152. The van der Waals surface area contributed by atoms with E-state index in [4.69, 9.17) is 26.1 Å². The van der Waals surface area contributed by atoms with Gasteiger partial charge in [0.05, 0.1) is 52.7 Å². The normalized spacial score (nSPS) is 16.3. The summed E-state index contributed by atoms with van der Waals surface area (Å²) >= 11 is 5.87. The SMILES string of the molecule is Cc1n[nH]c2cc(F)c(C(=O)Nc3ccc4c(c3)nc(CN3CC=C(c5cccc(OCc6ccc(Cl)cc6F)n5)CC3)n4C[C@@H]3CCO3)cc12. The van der Waals surface area contributed by atoms with Crippen LogP contribution in [0.3, 0.4) is 0 Å². The number of ether oxygens (including phenoxy) is 2. The summed E-state index contributed by atoms with van der Waals surface area (Å²) < 4.78 is 42.9. The molecule has 2 aliphatic rings. The number of pyridine rings is 1. The molecule has 1 amide bonds. The number of fused-ring (bicyclic) bond motifs is 2. The highest BCUT2D eigenvalue weighted by atomic mass is 35.5. The Kier molecular flexibility index (Phi) is 8.97. The highest BCUT2D eigenvalue weighted by Crippen LogP contribution is 2.28. The van der Waals surface area contributed by atoms with Crippen LogP contribution in [0.1, 0.15) is 46.0 Å². The molecule has 260 valence electrons. The third-order valence-corrected chi connectivity index (χ3v) is 9.69. The van der Waals surface area contributed by atoms with E-state index in [0.29, 0.717) is 58.4 Å². The minimum atomic E-state index is -0.627. The largest absolute Gasteiger partial charge is 0.473 e. The van der Waals surface area contributed by atoms with Crippen LogP contribution in [-0.2, 0) is 24.4 Å². The van der Waals surface area contributed by atoms with E-state index in [1.807, 2.05) is 30.3 Å². The van der Waals surface area contributed by atoms with Gasteiger partial charge in [0, 0.05) is 53.5 Å². The molecule has 1 fully saturated rings. The maximum absolute atomic E-state index is 14.9. The highest BCUT2D eigenvalue weighted by Gasteiger charge is 2.24. The van der Waals surface area contributed by atoms with Crippen LogP contribution in [0.15, 0.2) is 72.8 Å². The molecular weight excluding hydrogens is 676 g/mol. The third kappa shape index (κ3) is 6.94. The van der Waals surface area contributed by atoms with Crippen LogP contribution in [0.5, 0.6) is 5.88 Å². The number of aromatic nitrogens is 5. The van der Waals surface area contributed by atoms with Gasteiger partial charge in [0.15, 0.2) is 0 Å². The minimum absolute atomic E-state index is 0.0492. The van der Waals surface area contributed by atoms with Gasteiger partial charge in [-0.3, -0.25) is 14.8 Å². The highest BCUT2D eigenvalue weighted by molar-refractivity contribution is 6.30. The molecule has 1 atom stereocenters. The molecule has 13 heteroatoms. The molecule has 10 nitrogen and oxygen atoms in total. The van der Waals surface area contributed by atoms with E-state index in [0.717, 1.165) is 54.1 Å². The number of aromatic amines is 1. The van der Waals surface area contributed by atoms with Crippen molar-refractivity contribution in [3.8, 4) is 5.88 Å². The molecule has 8 rings (SSSR count). The van der Waals surface area contributed by atoms with E-state index >= 15 is 0 Å². The van der Waals surface area contributed by atoms with Gasteiger partial charge in [0.2, 0.25) is 5.88 Å². The maximum Gasteiger partial charge on any atom is 0.258 e. The lowest BCUT2D eigenvalue weighted by atomic mass is 10.0. The van der Waals surface area contributed by atoms with Crippen molar-refractivity contribution in [3.63, 3.8) is 0 Å². The fourth-order valence-electron chi connectivity index (χ4n) is 6.51. The van der Waals surface area contributed by atoms with Crippen molar-refractivity contribution in [2.45, 2.75) is 45.6 Å². The van der Waals surface area contributed by atoms with Crippen molar-refractivity contribution < 1.29 is 23.0 Å². The Labute approximate surface area is 297 Å². The molecule has 2 N–H and O–H groups in total. The number of imidazole rings is 1. The Morgan fingerprint density at radius 2 is 1.98 bits per heavy atom. The number of carbonyl (C=O) groups excluding carboxylic acids is 1. The summed E-state index contributed by atoms with van der Waals surface area (Å²) in [4.78, 5) is 25.2. The van der Waals surface area contributed by atoms with E-state index < -0.39 is 17.5 Å². The van der Waals surface area contributed by atoms with E-state index in [1.165, 1.54) is 18.2 Å². The van der Waals surface area contributed by atoms with Crippen molar-refractivity contribution in [2.75, 3.05) is 25.0 Å². The molecule has 6 aromatic rings. The molecule has 0 bridgehead atoms. The second kappa shape index (κ2) is 13.9. The zero-order chi connectivity index (χ0) is 35.1. The smallest absolute Gasteiger partial charge is 0.258 e. The first-order chi connectivity index (χ1) is 24.8. The summed E-state index contributed by atoms with van der Waals surface area (Å²) in [6, 6.07) is 18.5. The first-order valence-corrected chi connectivity index (χ1v) is 17.2. The number of amides is 1. The fourth-order valence-corrected chi connectivity index (χ4v) is 6.67. The molecule has 2 aliphatic heterocycles. The number of nitrogens with one attached hydrogen (secondary N) is 2. The Bertz CT molecular complexity index is 2320. The van der Waals surface area contributed by atoms with E-state index in [9.17, 15) is 13.6 Å². The summed E-state index contributed by atoms with van der Waals surface area (Å²) in [7, 11) is 0. The van der Waals surface area contributed by atoms with Gasteiger partial charge >= 0.3 is 0 Å². The second-order valence-corrected chi connectivity index (χ2v) is 13.3. The predicted molar refractivity (Wildman–Crippen MR) is 191 cm³/mol. The average Bonchev–Trinajstić information content (AvgIpc) is 3.63. The molecular formula is C38H34ClF2N7O3. The molecule has 3 aromatic carbocycles.